The van der Waals surface area contributed by atoms with Crippen LogP contribution >= 0.6 is 11.3 Å². The van der Waals surface area contributed by atoms with Crippen molar-refractivity contribution in [2.45, 2.75) is 47.1 Å². The predicted molar refractivity (Wildman–Crippen MR) is 86.4 cm³/mol. The molecular weight excluding hydrogens is 300 g/mol. The molecule has 0 saturated heterocycles. The third-order valence-corrected chi connectivity index (χ3v) is 4.94. The maximum atomic E-state index is 12.4. The first-order valence-electron chi connectivity index (χ1n) is 6.96. The van der Waals surface area contributed by atoms with E-state index >= 15 is 0 Å². The van der Waals surface area contributed by atoms with E-state index in [0.717, 1.165) is 15.6 Å². The fourth-order valence-electron chi connectivity index (χ4n) is 1.91. The van der Waals surface area contributed by atoms with E-state index in [1.165, 1.54) is 11.3 Å². The molecule has 2 rings (SSSR count). The lowest BCUT2D eigenvalue weighted by atomic mass is 10.1. The first-order chi connectivity index (χ1) is 10.1. The highest BCUT2D eigenvalue weighted by Crippen LogP contribution is 2.27. The monoisotopic (exact) mass is 320 g/mol. The molecule has 0 radical (unpaired) electrons. The summed E-state index contributed by atoms with van der Waals surface area (Å²) in [5.74, 6) is -0.500. The van der Waals surface area contributed by atoms with Gasteiger partial charge in [0.25, 0.3) is 11.5 Å². The number of rotatable bonds is 3. The van der Waals surface area contributed by atoms with Gasteiger partial charge in [0, 0.05) is 10.6 Å². The summed E-state index contributed by atoms with van der Waals surface area (Å²) in [4.78, 5) is 36.6. The molecule has 118 valence electrons. The van der Waals surface area contributed by atoms with Gasteiger partial charge in [0.2, 0.25) is 0 Å². The molecule has 2 N–H and O–H groups in total. The van der Waals surface area contributed by atoms with Gasteiger partial charge in [0.1, 0.15) is 5.01 Å². The van der Waals surface area contributed by atoms with Gasteiger partial charge in [-0.05, 0) is 41.5 Å². The first-order valence-corrected chi connectivity index (χ1v) is 7.78. The summed E-state index contributed by atoms with van der Waals surface area (Å²) in [5, 5.41) is 3.65. The van der Waals surface area contributed by atoms with E-state index in [-0.39, 0.29) is 5.69 Å². The second kappa shape index (κ2) is 5.64. The van der Waals surface area contributed by atoms with Gasteiger partial charge in [0.05, 0.1) is 16.9 Å². The van der Waals surface area contributed by atoms with Gasteiger partial charge in [-0.2, -0.15) is 0 Å². The second-order valence-corrected chi connectivity index (χ2v) is 7.07. The summed E-state index contributed by atoms with van der Waals surface area (Å²) in [6.45, 7) is 11.1. The first kappa shape index (κ1) is 16.4. The Morgan fingerprint density at radius 2 is 1.77 bits per heavy atom. The second-order valence-electron chi connectivity index (χ2n) is 5.86. The number of carbonyl (C=O) groups is 1. The number of aryl methyl sites for hydroxylation is 4. The molecule has 0 spiro atoms. The van der Waals surface area contributed by atoms with Gasteiger partial charge in [-0.1, -0.05) is 0 Å². The van der Waals surface area contributed by atoms with E-state index in [1.54, 1.807) is 13.8 Å². The van der Waals surface area contributed by atoms with Gasteiger partial charge in [-0.25, -0.2) is 9.97 Å². The zero-order valence-corrected chi connectivity index (χ0v) is 14.4. The summed E-state index contributed by atoms with van der Waals surface area (Å²) in [6, 6.07) is 0. The van der Waals surface area contributed by atoms with Crippen LogP contribution < -0.4 is 10.9 Å². The van der Waals surface area contributed by atoms with E-state index in [2.05, 4.69) is 20.3 Å². The molecule has 2 aromatic heterocycles. The van der Waals surface area contributed by atoms with Crippen LogP contribution in [0.15, 0.2) is 4.79 Å². The molecule has 2 heterocycles. The number of hydrogen-bond donors (Lipinski definition) is 2. The van der Waals surface area contributed by atoms with Crippen molar-refractivity contribution in [2.24, 2.45) is 0 Å². The Morgan fingerprint density at radius 1 is 1.14 bits per heavy atom. The molecule has 1 amide bonds. The number of thiazole rings is 1. The molecule has 0 aliphatic heterocycles. The fourth-order valence-corrected chi connectivity index (χ4v) is 2.88. The van der Waals surface area contributed by atoms with E-state index in [1.807, 2.05) is 27.7 Å². The lowest BCUT2D eigenvalue weighted by Gasteiger charge is -2.23. The molecule has 0 atom stereocenters. The molecule has 0 aliphatic rings. The Hall–Kier alpha value is -2.02. The third-order valence-electron chi connectivity index (χ3n) is 3.54. The number of nitrogens with one attached hydrogen (secondary N) is 2. The van der Waals surface area contributed by atoms with Crippen LogP contribution in [0.2, 0.25) is 0 Å². The molecular formula is C15H20N4O2S. The third kappa shape index (κ3) is 3.09. The Balaban J connectivity index is 2.31. The summed E-state index contributed by atoms with van der Waals surface area (Å²) in [5.41, 5.74) is 0.956. The summed E-state index contributed by atoms with van der Waals surface area (Å²) in [6.07, 6.45) is 0. The minimum Gasteiger partial charge on any atom is -0.339 e. The van der Waals surface area contributed by atoms with Crippen molar-refractivity contribution in [2.75, 3.05) is 0 Å². The van der Waals surface area contributed by atoms with E-state index in [0.29, 0.717) is 11.4 Å². The van der Waals surface area contributed by atoms with Crippen LogP contribution in [0.25, 0.3) is 0 Å². The zero-order chi connectivity index (χ0) is 16.7. The minimum absolute atomic E-state index is 0.124. The zero-order valence-electron chi connectivity index (χ0n) is 13.6. The average molecular weight is 320 g/mol. The van der Waals surface area contributed by atoms with Gasteiger partial charge >= 0.3 is 0 Å². The lowest BCUT2D eigenvalue weighted by Crippen LogP contribution is -2.43. The Bertz CT molecular complexity index is 770. The van der Waals surface area contributed by atoms with Gasteiger partial charge in [0.15, 0.2) is 5.69 Å². The van der Waals surface area contributed by atoms with E-state index < -0.39 is 17.0 Å². The van der Waals surface area contributed by atoms with Crippen molar-refractivity contribution < 1.29 is 4.79 Å². The van der Waals surface area contributed by atoms with E-state index in [4.69, 9.17) is 0 Å². The Morgan fingerprint density at radius 3 is 2.32 bits per heavy atom. The quantitative estimate of drug-likeness (QED) is 0.907. The van der Waals surface area contributed by atoms with Crippen molar-refractivity contribution in [3.63, 3.8) is 0 Å². The maximum absolute atomic E-state index is 12.4. The minimum atomic E-state index is -0.673. The predicted octanol–water partition coefficient (Wildman–Crippen LogP) is 2.13. The fraction of sp³-hybridized carbons (Fsp3) is 0.467. The van der Waals surface area contributed by atoms with Crippen LogP contribution in [0.5, 0.6) is 0 Å². The smallest absolute Gasteiger partial charge is 0.279 e. The molecule has 0 unspecified atom stereocenters. The van der Waals surface area contributed by atoms with Crippen LogP contribution in [-0.2, 0) is 5.54 Å². The van der Waals surface area contributed by atoms with Gasteiger partial charge in [-0.15, -0.1) is 11.3 Å². The standard InChI is InChI=1S/C15H20N4O2S/c1-7-8(2)17-12(20)11(16-7)13(21)19-15(5,6)14-18-9(3)10(4)22-14/h1-6H3,(H,17,20)(H,19,21). The summed E-state index contributed by atoms with van der Waals surface area (Å²) >= 11 is 1.54. The Kier molecular flexibility index (Phi) is 4.19. The van der Waals surface area contributed by atoms with Crippen molar-refractivity contribution in [3.8, 4) is 0 Å². The largest absolute Gasteiger partial charge is 0.339 e. The maximum Gasteiger partial charge on any atom is 0.279 e. The van der Waals surface area contributed by atoms with Crippen molar-refractivity contribution in [3.05, 3.63) is 43.0 Å². The molecule has 6 nitrogen and oxygen atoms in total. The molecule has 0 saturated carbocycles. The average Bonchev–Trinajstić information content (AvgIpc) is 2.74. The van der Waals surface area contributed by atoms with Crippen molar-refractivity contribution in [1.29, 1.82) is 0 Å². The Labute approximate surface area is 133 Å². The van der Waals surface area contributed by atoms with E-state index in [9.17, 15) is 9.59 Å². The highest BCUT2D eigenvalue weighted by Gasteiger charge is 2.29. The highest BCUT2D eigenvalue weighted by atomic mass is 32.1. The SMILES string of the molecule is Cc1nc(C(=O)NC(C)(C)c2nc(C)c(C)s2)c(=O)[nH]c1C. The molecule has 22 heavy (non-hydrogen) atoms. The molecule has 7 heteroatoms. The molecule has 0 fully saturated rings. The van der Waals surface area contributed by atoms with Crippen LogP contribution in [0.4, 0.5) is 0 Å². The number of aromatic nitrogens is 3. The topological polar surface area (TPSA) is 87.7 Å². The molecule has 2 aromatic rings. The highest BCUT2D eigenvalue weighted by molar-refractivity contribution is 7.11. The number of carbonyl (C=O) groups excluding carboxylic acids is 1. The molecule has 0 bridgehead atoms. The van der Waals surface area contributed by atoms with Crippen molar-refractivity contribution in [1.82, 2.24) is 20.3 Å². The molecule has 0 aromatic carbocycles. The van der Waals surface area contributed by atoms with Gasteiger partial charge in [-0.3, -0.25) is 9.59 Å². The van der Waals surface area contributed by atoms with Crippen LogP contribution in [0, 0.1) is 27.7 Å². The van der Waals surface area contributed by atoms with Crippen LogP contribution in [-0.4, -0.2) is 20.9 Å². The summed E-state index contributed by atoms with van der Waals surface area (Å²) < 4.78 is 0. The number of amides is 1. The number of aromatic amines is 1. The van der Waals surface area contributed by atoms with Crippen LogP contribution in [0.3, 0.4) is 0 Å². The van der Waals surface area contributed by atoms with Crippen LogP contribution in [0.1, 0.15) is 51.3 Å². The van der Waals surface area contributed by atoms with Crippen molar-refractivity contribution >= 4 is 17.2 Å². The summed E-state index contributed by atoms with van der Waals surface area (Å²) in [7, 11) is 0. The normalized spacial score (nSPS) is 11.5. The van der Waals surface area contributed by atoms with Gasteiger partial charge < -0.3 is 10.3 Å². The number of nitrogens with zero attached hydrogens (tertiary/aromatic N) is 2. The lowest BCUT2D eigenvalue weighted by molar-refractivity contribution is 0.0904. The number of H-pyrrole nitrogens is 1. The number of hydrogen-bond acceptors (Lipinski definition) is 5. The molecule has 0 aliphatic carbocycles.